The zero-order valence-corrected chi connectivity index (χ0v) is 6.06. The number of aliphatic hydroxyl groups excluding tert-OH is 1. The van der Waals surface area contributed by atoms with E-state index in [0.717, 1.165) is 0 Å². The minimum atomic E-state index is 0. The molecule has 0 atom stereocenters. The molecule has 0 aliphatic heterocycles. The third kappa shape index (κ3) is 11.3. The molecular formula is C5H4CuO2S. The molecule has 9 heavy (non-hydrogen) atoms. The number of rotatable bonds is 0. The minimum Gasteiger partial charge on any atom is -0.665 e. The van der Waals surface area contributed by atoms with Crippen LogP contribution in [0.15, 0.2) is 17.5 Å². The maximum absolute atomic E-state index is 8.24. The molecule has 0 spiro atoms. The molecule has 1 heterocycles. The molecule has 0 aliphatic carbocycles. The van der Waals surface area contributed by atoms with Crippen molar-refractivity contribution in [2.24, 2.45) is 0 Å². The fourth-order valence-electron chi connectivity index (χ4n) is 0.196. The molecular weight excluding hydrogens is 188 g/mol. The van der Waals surface area contributed by atoms with E-state index in [2.05, 4.69) is 5.38 Å². The van der Waals surface area contributed by atoms with Crippen LogP contribution < -0.4 is 0 Å². The second-order valence-electron chi connectivity index (χ2n) is 0.822. The van der Waals surface area contributed by atoms with Crippen molar-refractivity contribution in [2.45, 2.75) is 0 Å². The summed E-state index contributed by atoms with van der Waals surface area (Å²) >= 11 is 1.59. The summed E-state index contributed by atoms with van der Waals surface area (Å²) in [6, 6.07) is 3.86. The Kier molecular flexibility index (Phi) is 13.6. The smallest absolute Gasteiger partial charge is 0.665 e. The van der Waals surface area contributed by atoms with Crippen molar-refractivity contribution >= 4 is 17.8 Å². The summed E-state index contributed by atoms with van der Waals surface area (Å²) in [5, 5.41) is 11.7. The maximum atomic E-state index is 8.24. The Morgan fingerprint density at radius 1 is 1.67 bits per heavy atom. The summed E-state index contributed by atoms with van der Waals surface area (Å²) in [5.41, 5.74) is 0. The monoisotopic (exact) mass is 191 g/mol. The van der Waals surface area contributed by atoms with Gasteiger partial charge in [0.1, 0.15) is 0 Å². The van der Waals surface area contributed by atoms with Crippen LogP contribution in [0.2, 0.25) is 0 Å². The summed E-state index contributed by atoms with van der Waals surface area (Å²) in [6.45, 7) is 0.500. The summed E-state index contributed by atoms with van der Waals surface area (Å²) in [6.07, 6.45) is 0. The van der Waals surface area contributed by atoms with Crippen LogP contribution in [-0.2, 0) is 21.9 Å². The predicted molar refractivity (Wildman–Crippen MR) is 31.5 cm³/mol. The molecule has 0 saturated heterocycles. The third-order valence-corrected chi connectivity index (χ3v) is 0.944. The second-order valence-corrected chi connectivity index (χ2v) is 1.57. The van der Waals surface area contributed by atoms with Gasteiger partial charge in [0.25, 0.3) is 0 Å². The Morgan fingerprint density at radius 2 is 2.22 bits per heavy atom. The van der Waals surface area contributed by atoms with E-state index in [1.807, 2.05) is 17.5 Å². The van der Waals surface area contributed by atoms with E-state index in [0.29, 0.717) is 6.47 Å². The zero-order chi connectivity index (χ0) is 6.24. The van der Waals surface area contributed by atoms with Crippen LogP contribution in [0.5, 0.6) is 0 Å². The first-order valence-electron chi connectivity index (χ1n) is 1.82. The Hall–Kier alpha value is -0.311. The van der Waals surface area contributed by atoms with Gasteiger partial charge in [-0.25, -0.2) is 6.07 Å². The van der Waals surface area contributed by atoms with Crippen molar-refractivity contribution in [3.63, 3.8) is 0 Å². The van der Waals surface area contributed by atoms with Gasteiger partial charge in [0.05, 0.1) is 0 Å². The van der Waals surface area contributed by atoms with Crippen LogP contribution in [0, 0.1) is 5.38 Å². The predicted octanol–water partition coefficient (Wildman–Crippen LogP) is 1.16. The quantitative estimate of drug-likeness (QED) is 0.494. The summed E-state index contributed by atoms with van der Waals surface area (Å²) in [5.74, 6) is 0. The molecule has 0 saturated carbocycles. The average molecular weight is 192 g/mol. The number of thiophene rings is 1. The van der Waals surface area contributed by atoms with Crippen LogP contribution in [0.1, 0.15) is 0 Å². The summed E-state index contributed by atoms with van der Waals surface area (Å²) in [4.78, 5) is 8.24. The zero-order valence-electron chi connectivity index (χ0n) is 4.30. The van der Waals surface area contributed by atoms with E-state index in [1.165, 1.54) is 0 Å². The Bertz CT molecular complexity index is 101. The van der Waals surface area contributed by atoms with Crippen LogP contribution in [0.4, 0.5) is 0 Å². The van der Waals surface area contributed by atoms with Gasteiger partial charge in [0.15, 0.2) is 0 Å². The van der Waals surface area contributed by atoms with Gasteiger partial charge in [-0.1, -0.05) is 6.47 Å². The molecule has 1 aromatic heterocycles. The van der Waals surface area contributed by atoms with Crippen molar-refractivity contribution in [3.05, 3.63) is 22.9 Å². The molecule has 1 N–H and O–H groups in total. The molecule has 0 fully saturated rings. The van der Waals surface area contributed by atoms with Gasteiger partial charge < -0.3 is 21.2 Å². The number of hydrogen-bond acceptors (Lipinski definition) is 2. The summed E-state index contributed by atoms with van der Waals surface area (Å²) in [7, 11) is 0. The van der Waals surface area contributed by atoms with Crippen LogP contribution in [-0.4, -0.2) is 11.6 Å². The third-order valence-electron chi connectivity index (χ3n) is 0.379. The van der Waals surface area contributed by atoms with Gasteiger partial charge in [-0.2, -0.15) is 11.4 Å². The normalized spacial score (nSPS) is 5.78. The Morgan fingerprint density at radius 3 is 2.33 bits per heavy atom. The number of hydrogen-bond donors (Lipinski definition) is 1. The van der Waals surface area contributed by atoms with E-state index in [9.17, 15) is 0 Å². The first kappa shape index (κ1) is 11.5. The minimum absolute atomic E-state index is 0. The second kappa shape index (κ2) is 10.6. The molecule has 2 nitrogen and oxygen atoms in total. The van der Waals surface area contributed by atoms with Gasteiger partial charge >= 0.3 is 17.1 Å². The summed E-state index contributed by atoms with van der Waals surface area (Å²) < 4.78 is 0. The first-order valence-corrected chi connectivity index (χ1v) is 2.70. The molecule has 1 radical (unpaired) electrons. The fraction of sp³-hybridized carbons (Fsp3) is 0. The van der Waals surface area contributed by atoms with Crippen molar-refractivity contribution in [3.8, 4) is 0 Å². The molecule has 0 unspecified atom stereocenters. The molecule has 4 heteroatoms. The molecule has 53 valence electrons. The van der Waals surface area contributed by atoms with Crippen molar-refractivity contribution < 1.29 is 27.0 Å². The Labute approximate surface area is 68.0 Å². The Balaban J connectivity index is 0. The molecule has 1 rings (SSSR count). The van der Waals surface area contributed by atoms with Gasteiger partial charge in [0, 0.05) is 0 Å². The average Bonchev–Trinajstić information content (AvgIpc) is 2.17. The molecule has 0 aromatic carbocycles. The largest absolute Gasteiger partial charge is 2.00 e. The fourth-order valence-corrected chi connectivity index (χ4v) is 0.589. The van der Waals surface area contributed by atoms with Gasteiger partial charge in [-0.3, -0.25) is 0 Å². The van der Waals surface area contributed by atoms with Gasteiger partial charge in [-0.05, 0) is 0 Å². The van der Waals surface area contributed by atoms with Crippen molar-refractivity contribution in [1.29, 1.82) is 0 Å². The molecule has 0 amide bonds. The van der Waals surface area contributed by atoms with Gasteiger partial charge in [0.2, 0.25) is 0 Å². The first-order chi connectivity index (χ1) is 3.91. The van der Waals surface area contributed by atoms with Crippen LogP contribution in [0.25, 0.3) is 0 Å². The maximum Gasteiger partial charge on any atom is 2.00 e. The van der Waals surface area contributed by atoms with Crippen molar-refractivity contribution in [2.75, 3.05) is 0 Å². The SMILES string of the molecule is O=[C-]O.[Cu+2].[c-]1cccs1. The van der Waals surface area contributed by atoms with Crippen molar-refractivity contribution in [1.82, 2.24) is 0 Å². The molecule has 0 aliphatic rings. The van der Waals surface area contributed by atoms with E-state index >= 15 is 0 Å². The van der Waals surface area contributed by atoms with E-state index < -0.39 is 0 Å². The molecule has 0 bridgehead atoms. The topological polar surface area (TPSA) is 37.3 Å². The van der Waals surface area contributed by atoms with E-state index in [4.69, 9.17) is 9.90 Å². The standard InChI is InChI=1S/C4H3S.CHO2.Cu/c1-2-4-5-3-1;2-1-3;/h1-3H;(H,2,3);/q2*-1;+2. The van der Waals surface area contributed by atoms with Gasteiger partial charge in [-0.15, -0.1) is 5.38 Å². The van der Waals surface area contributed by atoms with E-state index in [-0.39, 0.29) is 17.1 Å². The van der Waals surface area contributed by atoms with E-state index in [1.54, 1.807) is 11.3 Å². The molecule has 1 aromatic rings. The van der Waals surface area contributed by atoms with Crippen LogP contribution >= 0.6 is 11.3 Å². The van der Waals surface area contributed by atoms with Crippen LogP contribution in [0.3, 0.4) is 0 Å².